The summed E-state index contributed by atoms with van der Waals surface area (Å²) in [5, 5.41) is 19.6. The van der Waals surface area contributed by atoms with Gasteiger partial charge in [0.2, 0.25) is 0 Å². The van der Waals surface area contributed by atoms with E-state index in [2.05, 4.69) is 15.7 Å². The van der Waals surface area contributed by atoms with Gasteiger partial charge in [-0.1, -0.05) is 49.2 Å². The third-order valence-corrected chi connectivity index (χ3v) is 5.99. The molecule has 178 valence electrons. The number of hydrogen-bond acceptors (Lipinski definition) is 6. The van der Waals surface area contributed by atoms with Gasteiger partial charge in [-0.3, -0.25) is 19.5 Å². The third-order valence-electron chi connectivity index (χ3n) is 5.99. The number of nitrogens with zero attached hydrogens (tertiary/aromatic N) is 2. The van der Waals surface area contributed by atoms with Gasteiger partial charge in [-0.05, 0) is 30.5 Å². The second kappa shape index (κ2) is 9.86. The number of amides is 1. The van der Waals surface area contributed by atoms with E-state index in [9.17, 15) is 19.5 Å². The summed E-state index contributed by atoms with van der Waals surface area (Å²) in [7, 11) is 3.18. The van der Waals surface area contributed by atoms with Gasteiger partial charge in [0.15, 0.2) is 5.75 Å². The minimum Gasteiger partial charge on any atom is -0.505 e. The molecule has 4 rings (SSSR count). The zero-order valence-electron chi connectivity index (χ0n) is 19.3. The van der Waals surface area contributed by atoms with Gasteiger partial charge in [0, 0.05) is 20.1 Å². The highest BCUT2D eigenvalue weighted by Crippen LogP contribution is 2.32. The first kappa shape index (κ1) is 23.2. The van der Waals surface area contributed by atoms with Crippen LogP contribution in [0.5, 0.6) is 5.75 Å². The largest absolute Gasteiger partial charge is 0.505 e. The Hall–Kier alpha value is -4.01. The van der Waals surface area contributed by atoms with Gasteiger partial charge < -0.3 is 20.6 Å². The molecular weight excluding hydrogens is 434 g/mol. The van der Waals surface area contributed by atoms with E-state index in [4.69, 9.17) is 0 Å². The van der Waals surface area contributed by atoms with Crippen molar-refractivity contribution in [1.29, 1.82) is 0 Å². The van der Waals surface area contributed by atoms with Crippen LogP contribution in [-0.4, -0.2) is 45.8 Å². The van der Waals surface area contributed by atoms with Crippen molar-refractivity contribution in [1.82, 2.24) is 14.7 Å². The predicted octanol–water partition coefficient (Wildman–Crippen LogP) is 3.09. The van der Waals surface area contributed by atoms with Crippen LogP contribution >= 0.6 is 0 Å². The van der Waals surface area contributed by atoms with Gasteiger partial charge in [-0.25, -0.2) is 4.68 Å². The van der Waals surface area contributed by atoms with Crippen LogP contribution in [-0.2, 0) is 6.54 Å². The fourth-order valence-corrected chi connectivity index (χ4v) is 4.18. The summed E-state index contributed by atoms with van der Waals surface area (Å²) >= 11 is 0. The average molecular weight is 464 g/mol. The van der Waals surface area contributed by atoms with Crippen molar-refractivity contribution in [3.8, 4) is 5.75 Å². The van der Waals surface area contributed by atoms with Gasteiger partial charge in [-0.2, -0.15) is 0 Å². The smallest absolute Gasteiger partial charge is 0.291 e. The molecule has 0 spiro atoms. The van der Waals surface area contributed by atoms with Crippen molar-refractivity contribution in [2.24, 2.45) is 0 Å². The number of aromatic nitrogens is 2. The van der Waals surface area contributed by atoms with Crippen LogP contribution in [0.2, 0.25) is 0 Å². The number of hydrogen-bond donors (Lipinski definition) is 4. The molecule has 34 heavy (non-hydrogen) atoms. The topological polar surface area (TPSA) is 119 Å². The molecule has 1 saturated carbocycles. The molecule has 0 radical (unpaired) electrons. The predicted molar refractivity (Wildman–Crippen MR) is 132 cm³/mol. The Bertz CT molecular complexity index is 1290. The maximum atomic E-state index is 13.5. The van der Waals surface area contributed by atoms with Crippen molar-refractivity contribution < 1.29 is 9.90 Å². The molecule has 1 amide bonds. The lowest BCUT2D eigenvalue weighted by atomic mass is 10.1. The second-order valence-electron chi connectivity index (χ2n) is 8.72. The van der Waals surface area contributed by atoms with Crippen molar-refractivity contribution >= 4 is 23.0 Å². The molecule has 0 unspecified atom stereocenters. The lowest BCUT2D eigenvalue weighted by Crippen LogP contribution is -2.35. The molecule has 9 heteroatoms. The summed E-state index contributed by atoms with van der Waals surface area (Å²) in [6.07, 6.45) is 3.92. The standard InChI is InChI=1S/C25H29N5O4/c1-29(2)24(33)18-13-8-14-19(22(18)31)27-21-20(26-17-11-6-7-12-17)23(32)28-30(25(21)34)15-16-9-4-3-5-10-16/h3-5,8-10,13-14,17,26-27,31H,6-7,11-12,15H2,1-2H3,(H,28,32). The van der Waals surface area contributed by atoms with Gasteiger partial charge in [0.1, 0.15) is 11.4 Å². The highest BCUT2D eigenvalue weighted by Gasteiger charge is 2.23. The zero-order chi connectivity index (χ0) is 24.2. The Kier molecular flexibility index (Phi) is 6.72. The minimum absolute atomic E-state index is 0.0244. The number of nitrogens with one attached hydrogen (secondary N) is 3. The Morgan fingerprint density at radius 1 is 1.06 bits per heavy atom. The van der Waals surface area contributed by atoms with E-state index in [0.717, 1.165) is 31.2 Å². The molecule has 1 heterocycles. The maximum Gasteiger partial charge on any atom is 0.291 e. The first-order valence-electron chi connectivity index (χ1n) is 11.3. The summed E-state index contributed by atoms with van der Waals surface area (Å²) in [6.45, 7) is 0.179. The summed E-state index contributed by atoms with van der Waals surface area (Å²) in [4.78, 5) is 40.4. The number of phenols is 1. The number of H-pyrrole nitrogens is 1. The highest BCUT2D eigenvalue weighted by molar-refractivity contribution is 5.98. The van der Waals surface area contributed by atoms with E-state index in [1.807, 2.05) is 30.3 Å². The summed E-state index contributed by atoms with van der Waals surface area (Å²) in [5.74, 6) is -0.667. The van der Waals surface area contributed by atoms with Crippen molar-refractivity contribution in [3.05, 3.63) is 80.4 Å². The summed E-state index contributed by atoms with van der Waals surface area (Å²) in [5.41, 5.74) is 0.369. The number of carbonyl (C=O) groups is 1. The van der Waals surface area contributed by atoms with E-state index >= 15 is 0 Å². The lowest BCUT2D eigenvalue weighted by molar-refractivity contribution is 0.0824. The molecule has 1 aromatic heterocycles. The van der Waals surface area contributed by atoms with Crippen LogP contribution in [0.1, 0.15) is 41.6 Å². The molecule has 3 aromatic rings. The van der Waals surface area contributed by atoms with Gasteiger partial charge >= 0.3 is 0 Å². The fraction of sp³-hybridized carbons (Fsp3) is 0.320. The molecule has 1 aliphatic carbocycles. The summed E-state index contributed by atoms with van der Waals surface area (Å²) < 4.78 is 1.24. The quantitative estimate of drug-likeness (QED) is 0.400. The minimum atomic E-state index is -0.451. The summed E-state index contributed by atoms with van der Waals surface area (Å²) in [6, 6.07) is 14.1. The first-order valence-corrected chi connectivity index (χ1v) is 11.3. The average Bonchev–Trinajstić information content (AvgIpc) is 3.34. The number of para-hydroxylation sites is 1. The third kappa shape index (κ3) is 4.83. The van der Waals surface area contributed by atoms with E-state index in [1.54, 1.807) is 26.2 Å². The van der Waals surface area contributed by atoms with Crippen LogP contribution in [0, 0.1) is 0 Å². The monoisotopic (exact) mass is 463 g/mol. The lowest BCUT2D eigenvalue weighted by Gasteiger charge is -2.19. The van der Waals surface area contributed by atoms with E-state index in [0.29, 0.717) is 0 Å². The fourth-order valence-electron chi connectivity index (χ4n) is 4.18. The van der Waals surface area contributed by atoms with Gasteiger partial charge in [0.25, 0.3) is 17.0 Å². The van der Waals surface area contributed by atoms with Crippen LogP contribution in [0.25, 0.3) is 0 Å². The zero-order valence-corrected chi connectivity index (χ0v) is 19.3. The normalized spacial score (nSPS) is 13.6. The first-order chi connectivity index (χ1) is 16.3. The number of anilines is 3. The van der Waals surface area contributed by atoms with Crippen molar-refractivity contribution in [3.63, 3.8) is 0 Å². The number of aromatic amines is 1. The van der Waals surface area contributed by atoms with Crippen LogP contribution < -0.4 is 21.8 Å². The van der Waals surface area contributed by atoms with E-state index in [-0.39, 0.29) is 46.9 Å². The molecule has 0 bridgehead atoms. The molecule has 0 atom stereocenters. The molecule has 1 fully saturated rings. The Morgan fingerprint density at radius 3 is 2.44 bits per heavy atom. The molecule has 1 aliphatic rings. The van der Waals surface area contributed by atoms with E-state index in [1.165, 1.54) is 15.6 Å². The number of phenolic OH excluding ortho intramolecular Hbond substituents is 1. The van der Waals surface area contributed by atoms with Crippen LogP contribution in [0.15, 0.2) is 58.1 Å². The SMILES string of the molecule is CN(C)C(=O)c1cccc(Nc2c(NC3CCCC3)c(=O)[nH]n(Cc3ccccc3)c2=O)c1O. The number of rotatable bonds is 7. The highest BCUT2D eigenvalue weighted by atomic mass is 16.3. The molecule has 2 aromatic carbocycles. The number of benzene rings is 2. The van der Waals surface area contributed by atoms with Crippen LogP contribution in [0.3, 0.4) is 0 Å². The Balaban J connectivity index is 1.79. The Labute approximate surface area is 197 Å². The van der Waals surface area contributed by atoms with Gasteiger partial charge in [-0.15, -0.1) is 0 Å². The van der Waals surface area contributed by atoms with E-state index < -0.39 is 11.1 Å². The Morgan fingerprint density at radius 2 is 1.76 bits per heavy atom. The molecule has 4 N–H and O–H groups in total. The van der Waals surface area contributed by atoms with Gasteiger partial charge in [0.05, 0.1) is 17.8 Å². The molecular formula is C25H29N5O4. The number of carbonyl (C=O) groups excluding carboxylic acids is 1. The molecule has 9 nitrogen and oxygen atoms in total. The van der Waals surface area contributed by atoms with Crippen molar-refractivity contribution in [2.75, 3.05) is 24.7 Å². The van der Waals surface area contributed by atoms with Crippen molar-refractivity contribution in [2.45, 2.75) is 38.3 Å². The maximum absolute atomic E-state index is 13.5. The molecule has 0 saturated heterocycles. The second-order valence-corrected chi connectivity index (χ2v) is 8.72. The number of aromatic hydroxyl groups is 1. The van der Waals surface area contributed by atoms with Crippen LogP contribution in [0.4, 0.5) is 17.1 Å². The molecule has 0 aliphatic heterocycles.